The molecule has 0 aromatic heterocycles. The van der Waals surface area contributed by atoms with Crippen molar-refractivity contribution < 1.29 is 28.2 Å². The quantitative estimate of drug-likeness (QED) is 0.221. The largest absolute Gasteiger partial charge is 0.390 e. The van der Waals surface area contributed by atoms with E-state index in [1.807, 2.05) is 33.8 Å². The summed E-state index contributed by atoms with van der Waals surface area (Å²) in [7, 11) is 0. The molecule has 2 amide bonds. The molecule has 0 saturated heterocycles. The van der Waals surface area contributed by atoms with Crippen LogP contribution in [0.25, 0.3) is 0 Å². The third kappa shape index (κ3) is 10.5. The van der Waals surface area contributed by atoms with Crippen LogP contribution in [0.3, 0.4) is 0 Å². The van der Waals surface area contributed by atoms with Crippen molar-refractivity contribution in [3.05, 3.63) is 58.7 Å². The lowest BCUT2D eigenvalue weighted by molar-refractivity contribution is -0.129. The summed E-state index contributed by atoms with van der Waals surface area (Å²) in [5.74, 6) is -1.98. The van der Waals surface area contributed by atoms with E-state index in [9.17, 15) is 23.5 Å². The first-order chi connectivity index (χ1) is 18.6. The SMILES string of the molecule is CCCNC(=O)C1(CCC)C=C(C)C=C(C(=O)N[C@@H](Cc2cc(F)cc(F)c2)[C@H](O)CNCCOCCC)C1. The zero-order valence-electron chi connectivity index (χ0n) is 23.7. The number of aliphatic hydroxyl groups is 1. The number of ether oxygens (including phenoxy) is 1. The van der Waals surface area contributed by atoms with Gasteiger partial charge in [0.25, 0.3) is 0 Å². The van der Waals surface area contributed by atoms with Crippen LogP contribution in [-0.2, 0) is 20.7 Å². The van der Waals surface area contributed by atoms with E-state index >= 15 is 0 Å². The van der Waals surface area contributed by atoms with Crippen LogP contribution in [0.1, 0.15) is 65.4 Å². The lowest BCUT2D eigenvalue weighted by atomic mass is 9.72. The average Bonchev–Trinajstić information content (AvgIpc) is 2.87. The fourth-order valence-corrected chi connectivity index (χ4v) is 4.93. The number of benzene rings is 1. The first kappa shape index (κ1) is 32.6. The zero-order valence-corrected chi connectivity index (χ0v) is 23.7. The van der Waals surface area contributed by atoms with Gasteiger partial charge in [0, 0.05) is 37.9 Å². The van der Waals surface area contributed by atoms with E-state index < -0.39 is 35.1 Å². The van der Waals surface area contributed by atoms with E-state index in [-0.39, 0.29) is 25.3 Å². The van der Waals surface area contributed by atoms with Crippen LogP contribution in [0.4, 0.5) is 8.78 Å². The highest BCUT2D eigenvalue weighted by atomic mass is 19.1. The predicted octanol–water partition coefficient (Wildman–Crippen LogP) is 3.96. The Morgan fingerprint density at radius 1 is 1.05 bits per heavy atom. The molecule has 0 fully saturated rings. The Morgan fingerprint density at radius 3 is 2.41 bits per heavy atom. The van der Waals surface area contributed by atoms with E-state index in [1.54, 1.807) is 6.08 Å². The maximum absolute atomic E-state index is 13.9. The second-order valence-corrected chi connectivity index (χ2v) is 10.3. The molecule has 0 aliphatic heterocycles. The number of amides is 2. The lowest BCUT2D eigenvalue weighted by Crippen LogP contribution is -2.50. The van der Waals surface area contributed by atoms with Crippen LogP contribution < -0.4 is 16.0 Å². The van der Waals surface area contributed by atoms with Crippen LogP contribution in [0.5, 0.6) is 0 Å². The molecule has 4 N–H and O–H groups in total. The molecule has 9 heteroatoms. The van der Waals surface area contributed by atoms with Gasteiger partial charge in [-0.05, 0) is 56.7 Å². The fourth-order valence-electron chi connectivity index (χ4n) is 4.93. The van der Waals surface area contributed by atoms with Gasteiger partial charge in [-0.25, -0.2) is 8.78 Å². The molecule has 7 nitrogen and oxygen atoms in total. The topological polar surface area (TPSA) is 99.7 Å². The molecule has 1 unspecified atom stereocenters. The summed E-state index contributed by atoms with van der Waals surface area (Å²) in [6, 6.07) is 2.34. The number of carbonyl (C=O) groups is 2. The first-order valence-corrected chi connectivity index (χ1v) is 14.0. The Bertz CT molecular complexity index is 994. The molecule has 3 atom stereocenters. The molecule has 1 aromatic rings. The third-order valence-corrected chi connectivity index (χ3v) is 6.67. The van der Waals surface area contributed by atoms with Gasteiger partial charge in [-0.2, -0.15) is 0 Å². The number of carbonyl (C=O) groups excluding carboxylic acids is 2. The normalized spacial score (nSPS) is 18.6. The van der Waals surface area contributed by atoms with Gasteiger partial charge in [0.2, 0.25) is 11.8 Å². The van der Waals surface area contributed by atoms with E-state index in [4.69, 9.17) is 4.74 Å². The highest BCUT2D eigenvalue weighted by Gasteiger charge is 2.39. The molecular weight excluding hydrogens is 504 g/mol. The summed E-state index contributed by atoms with van der Waals surface area (Å²) >= 11 is 0. The van der Waals surface area contributed by atoms with Crippen molar-refractivity contribution in [3.8, 4) is 0 Å². The first-order valence-electron chi connectivity index (χ1n) is 14.0. The highest BCUT2D eigenvalue weighted by molar-refractivity contribution is 5.97. The minimum Gasteiger partial charge on any atom is -0.390 e. The van der Waals surface area contributed by atoms with Crippen molar-refractivity contribution in [3.63, 3.8) is 0 Å². The van der Waals surface area contributed by atoms with Crippen LogP contribution >= 0.6 is 0 Å². The van der Waals surface area contributed by atoms with Crippen LogP contribution in [0.15, 0.2) is 41.5 Å². The van der Waals surface area contributed by atoms with Gasteiger partial charge in [0.15, 0.2) is 0 Å². The van der Waals surface area contributed by atoms with E-state index in [2.05, 4.69) is 16.0 Å². The van der Waals surface area contributed by atoms with Gasteiger partial charge in [-0.1, -0.05) is 44.9 Å². The molecule has 218 valence electrons. The Kier molecular flexibility index (Phi) is 13.8. The summed E-state index contributed by atoms with van der Waals surface area (Å²) in [6.45, 7) is 10.2. The minimum absolute atomic E-state index is 0.0226. The zero-order chi connectivity index (χ0) is 28.8. The van der Waals surface area contributed by atoms with Gasteiger partial charge in [0.1, 0.15) is 11.6 Å². The summed E-state index contributed by atoms with van der Waals surface area (Å²) in [6.07, 6.45) is 5.96. The number of halogens is 2. The minimum atomic E-state index is -1.04. The van der Waals surface area contributed by atoms with E-state index in [1.165, 1.54) is 12.1 Å². The lowest BCUT2D eigenvalue weighted by Gasteiger charge is -2.34. The van der Waals surface area contributed by atoms with Gasteiger partial charge in [-0.3, -0.25) is 9.59 Å². The third-order valence-electron chi connectivity index (χ3n) is 6.67. The molecule has 0 saturated carbocycles. The van der Waals surface area contributed by atoms with Crippen molar-refractivity contribution in [2.24, 2.45) is 5.41 Å². The van der Waals surface area contributed by atoms with Crippen LogP contribution in [0, 0.1) is 17.0 Å². The van der Waals surface area contributed by atoms with Crippen molar-refractivity contribution >= 4 is 11.8 Å². The summed E-state index contributed by atoms with van der Waals surface area (Å²) in [5.41, 5.74) is 0.717. The Morgan fingerprint density at radius 2 is 1.77 bits per heavy atom. The number of hydrogen-bond acceptors (Lipinski definition) is 5. The molecule has 1 aliphatic carbocycles. The maximum Gasteiger partial charge on any atom is 0.247 e. The second-order valence-electron chi connectivity index (χ2n) is 10.3. The molecule has 0 radical (unpaired) electrons. The summed E-state index contributed by atoms with van der Waals surface area (Å²) in [5, 5.41) is 20.0. The van der Waals surface area contributed by atoms with Gasteiger partial charge >= 0.3 is 0 Å². The highest BCUT2D eigenvalue weighted by Crippen LogP contribution is 2.39. The number of aliphatic hydroxyl groups excluding tert-OH is 1. The molecule has 0 bridgehead atoms. The molecule has 39 heavy (non-hydrogen) atoms. The second kappa shape index (κ2) is 16.5. The van der Waals surface area contributed by atoms with Gasteiger partial charge in [-0.15, -0.1) is 0 Å². The Labute approximate surface area is 231 Å². The van der Waals surface area contributed by atoms with Crippen molar-refractivity contribution in [2.75, 3.05) is 32.8 Å². The standard InChI is InChI=1S/C30H45F2N3O4/c1-5-8-30(29(38)34-9-6-2)18-21(4)13-23(19-30)28(37)35-26(16-22-14-24(31)17-25(32)15-22)27(36)20-33-10-12-39-11-7-3/h13-15,17-18,26-27,33,36H,5-12,16,19-20H2,1-4H3,(H,34,38)(H,35,37)/t26-,27+,30?/m0/s1. The van der Waals surface area contributed by atoms with E-state index in [0.717, 1.165) is 30.9 Å². The fraction of sp³-hybridized carbons (Fsp3) is 0.600. The molecule has 2 rings (SSSR count). The molecule has 0 heterocycles. The van der Waals surface area contributed by atoms with Crippen molar-refractivity contribution in [1.29, 1.82) is 0 Å². The van der Waals surface area contributed by atoms with Crippen LogP contribution in [0.2, 0.25) is 0 Å². The Hall–Kier alpha value is -2.62. The molecule has 0 spiro atoms. The van der Waals surface area contributed by atoms with Crippen molar-refractivity contribution in [2.45, 2.75) is 78.4 Å². The Balaban J connectivity index is 2.21. The molecule has 1 aromatic carbocycles. The number of nitrogens with one attached hydrogen (secondary N) is 3. The molecule has 1 aliphatic rings. The van der Waals surface area contributed by atoms with E-state index in [0.29, 0.717) is 43.9 Å². The smallest absolute Gasteiger partial charge is 0.247 e. The van der Waals surface area contributed by atoms with Crippen LogP contribution in [-0.4, -0.2) is 61.9 Å². The predicted molar refractivity (Wildman–Crippen MR) is 149 cm³/mol. The summed E-state index contributed by atoms with van der Waals surface area (Å²) < 4.78 is 33.2. The summed E-state index contributed by atoms with van der Waals surface area (Å²) in [4.78, 5) is 26.7. The number of rotatable bonds is 17. The molecular formula is C30H45F2N3O4. The maximum atomic E-state index is 13.9. The average molecular weight is 550 g/mol. The van der Waals surface area contributed by atoms with Gasteiger partial charge < -0.3 is 25.8 Å². The monoisotopic (exact) mass is 549 g/mol. The van der Waals surface area contributed by atoms with Crippen molar-refractivity contribution in [1.82, 2.24) is 16.0 Å². The number of hydrogen-bond donors (Lipinski definition) is 4. The van der Waals surface area contributed by atoms with Gasteiger partial charge in [0.05, 0.1) is 24.2 Å². The number of allylic oxidation sites excluding steroid dienone is 2.